The van der Waals surface area contributed by atoms with Crippen LogP contribution < -0.4 is 15.5 Å². The molecule has 0 bridgehead atoms. The zero-order valence-corrected chi connectivity index (χ0v) is 14.8. The number of nitrogens with one attached hydrogen (secondary N) is 2. The second-order valence-corrected chi connectivity index (χ2v) is 7.05. The number of aromatic nitrogens is 1. The molecule has 0 unspecified atom stereocenters. The number of benzene rings is 1. The van der Waals surface area contributed by atoms with Crippen LogP contribution in [-0.2, 0) is 0 Å². The van der Waals surface area contributed by atoms with Crippen molar-refractivity contribution in [3.63, 3.8) is 0 Å². The van der Waals surface area contributed by atoms with Crippen molar-refractivity contribution < 1.29 is 4.79 Å². The van der Waals surface area contributed by atoms with Crippen LogP contribution in [0, 0.1) is 11.5 Å². The van der Waals surface area contributed by atoms with Gasteiger partial charge in [0.25, 0.3) is 5.91 Å². The fourth-order valence-corrected chi connectivity index (χ4v) is 3.89. The molecule has 130 valence electrons. The number of thiophene rings is 1. The van der Waals surface area contributed by atoms with E-state index in [0.717, 1.165) is 22.7 Å². The molecule has 1 aliphatic rings. The summed E-state index contributed by atoms with van der Waals surface area (Å²) in [6.07, 6.45) is 4.21. The number of rotatable bonds is 2. The molecule has 1 amide bonds. The summed E-state index contributed by atoms with van der Waals surface area (Å²) >= 11 is 1.39. The number of anilines is 5. The molecular weight excluding hydrogens is 358 g/mol. The van der Waals surface area contributed by atoms with Crippen molar-refractivity contribution in [2.45, 2.75) is 0 Å². The van der Waals surface area contributed by atoms with Gasteiger partial charge in [-0.1, -0.05) is 12.1 Å². The minimum atomic E-state index is -0.160. The Morgan fingerprint density at radius 2 is 2.04 bits per heavy atom. The Morgan fingerprint density at radius 1 is 1.11 bits per heavy atom. The van der Waals surface area contributed by atoms with Gasteiger partial charge in [-0.25, -0.2) is 4.90 Å². The van der Waals surface area contributed by atoms with Gasteiger partial charge in [0.05, 0.1) is 21.9 Å². The van der Waals surface area contributed by atoms with Crippen molar-refractivity contribution in [3.8, 4) is 6.19 Å². The largest absolute Gasteiger partial charge is 0.338 e. The topological polar surface area (TPSA) is 72.6 Å². The van der Waals surface area contributed by atoms with E-state index in [2.05, 4.69) is 16.8 Å². The first-order valence-corrected chi connectivity index (χ1v) is 9.18. The maximum absolute atomic E-state index is 12.3. The third-order valence-electron chi connectivity index (χ3n) is 4.49. The average Bonchev–Trinajstić information content (AvgIpc) is 3.34. The van der Waals surface area contributed by atoms with E-state index >= 15 is 0 Å². The molecule has 1 aromatic carbocycles. The third kappa shape index (κ3) is 2.43. The van der Waals surface area contributed by atoms with E-state index in [1.165, 1.54) is 11.3 Å². The maximum atomic E-state index is 12.3. The number of nitriles is 1. The molecule has 6 nitrogen and oxygen atoms in total. The van der Waals surface area contributed by atoms with E-state index < -0.39 is 0 Å². The quantitative estimate of drug-likeness (QED) is 0.490. The summed E-state index contributed by atoms with van der Waals surface area (Å²) in [5, 5.41) is 17.9. The number of carbonyl (C=O) groups is 1. The molecule has 0 radical (unpaired) electrons. The van der Waals surface area contributed by atoms with Crippen molar-refractivity contribution in [3.05, 3.63) is 71.1 Å². The number of hydrogen-bond acceptors (Lipinski definition) is 5. The third-order valence-corrected chi connectivity index (χ3v) is 5.36. The second-order valence-electron chi connectivity index (χ2n) is 6.10. The maximum Gasteiger partial charge on any atom is 0.265 e. The van der Waals surface area contributed by atoms with Crippen LogP contribution in [0.15, 0.2) is 66.2 Å². The van der Waals surface area contributed by atoms with Gasteiger partial charge in [0.15, 0.2) is 6.19 Å². The lowest BCUT2D eigenvalue weighted by molar-refractivity contribution is 0.103. The predicted molar refractivity (Wildman–Crippen MR) is 107 cm³/mol. The molecule has 1 aliphatic heterocycles. The van der Waals surface area contributed by atoms with E-state index in [1.54, 1.807) is 11.0 Å². The van der Waals surface area contributed by atoms with E-state index in [1.807, 2.05) is 64.5 Å². The van der Waals surface area contributed by atoms with Crippen LogP contribution in [-0.4, -0.2) is 10.3 Å². The average molecular weight is 371 g/mol. The smallest absolute Gasteiger partial charge is 0.265 e. The highest BCUT2D eigenvalue weighted by Gasteiger charge is 2.26. The zero-order valence-electron chi connectivity index (χ0n) is 14.0. The monoisotopic (exact) mass is 371 g/mol. The van der Waals surface area contributed by atoms with Gasteiger partial charge in [0, 0.05) is 17.4 Å². The van der Waals surface area contributed by atoms with Crippen LogP contribution >= 0.6 is 11.3 Å². The van der Waals surface area contributed by atoms with Gasteiger partial charge >= 0.3 is 0 Å². The van der Waals surface area contributed by atoms with Gasteiger partial charge in [-0.05, 0) is 47.8 Å². The van der Waals surface area contributed by atoms with Crippen molar-refractivity contribution >= 4 is 51.3 Å². The van der Waals surface area contributed by atoms with E-state index in [4.69, 9.17) is 0 Å². The molecule has 7 heteroatoms. The Hall–Kier alpha value is -3.76. The first-order valence-electron chi connectivity index (χ1n) is 8.30. The van der Waals surface area contributed by atoms with Crippen LogP contribution in [0.5, 0.6) is 0 Å². The fourth-order valence-electron chi connectivity index (χ4n) is 3.27. The molecule has 0 aliphatic carbocycles. The van der Waals surface area contributed by atoms with Crippen molar-refractivity contribution in [1.29, 1.82) is 5.26 Å². The summed E-state index contributed by atoms with van der Waals surface area (Å²) in [7, 11) is 0. The predicted octanol–water partition coefficient (Wildman–Crippen LogP) is 4.93. The normalized spacial score (nSPS) is 12.0. The van der Waals surface area contributed by atoms with Crippen LogP contribution in [0.4, 0.5) is 28.6 Å². The fraction of sp³-hybridized carbons (Fsp3) is 0. The number of amides is 1. The lowest BCUT2D eigenvalue weighted by Gasteiger charge is -2.26. The van der Waals surface area contributed by atoms with Crippen molar-refractivity contribution in [2.75, 3.05) is 15.5 Å². The summed E-state index contributed by atoms with van der Waals surface area (Å²) in [6.45, 7) is 0. The summed E-state index contributed by atoms with van der Waals surface area (Å²) in [5.41, 5.74) is 3.92. The standard InChI is InChI=1S/C20H13N5OS/c21-12-25-16-10-13(22-20(26)18-5-3-9-27-18)6-7-15(16)23-19-17(25)11-14-4-1-2-8-24(14)19/h1-11,23H,(H,22,26). The molecule has 2 N–H and O–H groups in total. The summed E-state index contributed by atoms with van der Waals surface area (Å²) in [6, 6.07) is 17.0. The number of nitrogens with zero attached hydrogens (tertiary/aromatic N) is 3. The molecule has 4 aromatic rings. The van der Waals surface area contributed by atoms with Crippen LogP contribution in [0.3, 0.4) is 0 Å². The molecule has 0 saturated heterocycles. The first kappa shape index (κ1) is 15.5. The molecule has 4 heterocycles. The zero-order chi connectivity index (χ0) is 18.4. The highest BCUT2D eigenvalue weighted by atomic mass is 32.1. The molecule has 0 fully saturated rings. The lowest BCUT2D eigenvalue weighted by atomic mass is 10.1. The molecule has 0 saturated carbocycles. The van der Waals surface area contributed by atoms with Gasteiger partial charge in [-0.2, -0.15) is 5.26 Å². The van der Waals surface area contributed by atoms with Crippen LogP contribution in [0.25, 0.3) is 5.52 Å². The van der Waals surface area contributed by atoms with Crippen molar-refractivity contribution in [2.24, 2.45) is 0 Å². The highest BCUT2D eigenvalue weighted by molar-refractivity contribution is 7.12. The van der Waals surface area contributed by atoms with Crippen molar-refractivity contribution in [1.82, 2.24) is 4.40 Å². The summed E-state index contributed by atoms with van der Waals surface area (Å²) in [4.78, 5) is 14.5. The van der Waals surface area contributed by atoms with Gasteiger partial charge in [-0.15, -0.1) is 11.3 Å². The number of carbonyl (C=O) groups excluding carboxylic acids is 1. The minimum absolute atomic E-state index is 0.160. The van der Waals surface area contributed by atoms with Gasteiger partial charge in [0.1, 0.15) is 5.82 Å². The molecule has 27 heavy (non-hydrogen) atoms. The number of fused-ring (bicyclic) bond motifs is 4. The molecular formula is C20H13N5OS. The summed E-state index contributed by atoms with van der Waals surface area (Å²) in [5.74, 6) is 0.683. The molecule has 3 aromatic heterocycles. The Labute approximate surface area is 158 Å². The Bertz CT molecular complexity index is 1220. The lowest BCUT2D eigenvalue weighted by Crippen LogP contribution is -2.18. The van der Waals surface area contributed by atoms with Gasteiger partial charge < -0.3 is 15.0 Å². The van der Waals surface area contributed by atoms with Crippen LogP contribution in [0.2, 0.25) is 0 Å². The molecule has 0 spiro atoms. The van der Waals surface area contributed by atoms with Gasteiger partial charge in [0.2, 0.25) is 0 Å². The first-order chi connectivity index (χ1) is 13.2. The minimum Gasteiger partial charge on any atom is -0.338 e. The molecule has 0 atom stereocenters. The summed E-state index contributed by atoms with van der Waals surface area (Å²) < 4.78 is 2.01. The molecule has 5 rings (SSSR count). The Kier molecular flexibility index (Phi) is 3.38. The Balaban J connectivity index is 1.55. The van der Waals surface area contributed by atoms with E-state index in [-0.39, 0.29) is 5.91 Å². The van der Waals surface area contributed by atoms with Crippen LogP contribution in [0.1, 0.15) is 9.67 Å². The number of pyridine rings is 1. The number of hydrogen-bond donors (Lipinski definition) is 2. The second kappa shape index (κ2) is 5.90. The van der Waals surface area contributed by atoms with Gasteiger partial charge in [-0.3, -0.25) is 4.79 Å². The highest BCUT2D eigenvalue weighted by Crippen LogP contribution is 2.45. The van der Waals surface area contributed by atoms with E-state index in [9.17, 15) is 10.1 Å². The Morgan fingerprint density at radius 3 is 2.85 bits per heavy atom. The SMILES string of the molecule is N#CN1c2cc(NC(=O)c3cccs3)ccc2Nc2c1cc1ccccn21. The van der Waals surface area contributed by atoms with E-state index in [0.29, 0.717) is 16.3 Å².